The molecule has 0 radical (unpaired) electrons. The Labute approximate surface area is 92.9 Å². The van der Waals surface area contributed by atoms with E-state index in [1.807, 2.05) is 0 Å². The van der Waals surface area contributed by atoms with Gasteiger partial charge in [-0.1, -0.05) is 13.8 Å². The van der Waals surface area contributed by atoms with Crippen LogP contribution in [0, 0.1) is 5.41 Å². The van der Waals surface area contributed by atoms with Gasteiger partial charge in [-0.05, 0) is 32.1 Å². The van der Waals surface area contributed by atoms with Gasteiger partial charge in [0.25, 0.3) is 0 Å². The molecule has 0 aliphatic heterocycles. The maximum atomic E-state index is 9.53. The van der Waals surface area contributed by atoms with Crippen LogP contribution in [-0.2, 0) is 0 Å². The molecule has 3 heteroatoms. The first-order valence-corrected chi connectivity index (χ1v) is 6.12. The van der Waals surface area contributed by atoms with Crippen molar-refractivity contribution in [1.29, 1.82) is 0 Å². The molecule has 1 saturated carbocycles. The van der Waals surface area contributed by atoms with Crippen molar-refractivity contribution in [2.24, 2.45) is 5.41 Å². The highest BCUT2D eigenvalue weighted by Gasteiger charge is 2.25. The number of aliphatic hydroxyl groups is 2. The molecule has 0 bridgehead atoms. The van der Waals surface area contributed by atoms with Crippen molar-refractivity contribution in [3.8, 4) is 0 Å². The number of aliphatic hydroxyl groups excluding tert-OH is 2. The van der Waals surface area contributed by atoms with Crippen LogP contribution in [0.4, 0.5) is 0 Å². The minimum atomic E-state index is -0.127. The molecule has 3 N–H and O–H groups in total. The molecule has 1 aliphatic rings. The molecule has 0 aromatic heterocycles. The molecule has 3 nitrogen and oxygen atoms in total. The Balaban J connectivity index is 2.29. The Morgan fingerprint density at radius 2 is 2.13 bits per heavy atom. The van der Waals surface area contributed by atoms with Crippen LogP contribution < -0.4 is 5.32 Å². The topological polar surface area (TPSA) is 52.5 Å². The molecule has 15 heavy (non-hydrogen) atoms. The number of rotatable bonds is 5. The van der Waals surface area contributed by atoms with Gasteiger partial charge in [0.15, 0.2) is 0 Å². The summed E-state index contributed by atoms with van der Waals surface area (Å²) >= 11 is 0. The fourth-order valence-corrected chi connectivity index (χ4v) is 2.03. The summed E-state index contributed by atoms with van der Waals surface area (Å²) in [4.78, 5) is 0. The molecule has 3 unspecified atom stereocenters. The van der Waals surface area contributed by atoms with E-state index in [1.165, 1.54) is 0 Å². The van der Waals surface area contributed by atoms with Crippen LogP contribution >= 0.6 is 0 Å². The van der Waals surface area contributed by atoms with Gasteiger partial charge in [0.05, 0.1) is 6.10 Å². The largest absolute Gasteiger partial charge is 0.396 e. The van der Waals surface area contributed by atoms with E-state index in [0.717, 1.165) is 38.6 Å². The van der Waals surface area contributed by atoms with Crippen molar-refractivity contribution in [3.63, 3.8) is 0 Å². The minimum absolute atomic E-state index is 0.0115. The fourth-order valence-electron chi connectivity index (χ4n) is 2.03. The molecule has 1 fully saturated rings. The quantitative estimate of drug-likeness (QED) is 0.648. The third kappa shape index (κ3) is 4.09. The van der Waals surface area contributed by atoms with Crippen molar-refractivity contribution >= 4 is 0 Å². The minimum Gasteiger partial charge on any atom is -0.396 e. The molecule has 0 aromatic carbocycles. The van der Waals surface area contributed by atoms with Gasteiger partial charge in [-0.25, -0.2) is 0 Å². The highest BCUT2D eigenvalue weighted by atomic mass is 16.3. The maximum absolute atomic E-state index is 9.53. The molecular weight excluding hydrogens is 190 g/mol. The molecule has 3 atom stereocenters. The highest BCUT2D eigenvalue weighted by Crippen LogP contribution is 2.22. The molecular formula is C12H25NO2. The Hall–Kier alpha value is -0.120. The van der Waals surface area contributed by atoms with Gasteiger partial charge in [0.1, 0.15) is 0 Å². The SMILES string of the molecule is CCC(C)(CO)CNC1CCCC(O)C1. The van der Waals surface area contributed by atoms with Crippen LogP contribution in [0.25, 0.3) is 0 Å². The van der Waals surface area contributed by atoms with Crippen molar-refractivity contribution < 1.29 is 10.2 Å². The summed E-state index contributed by atoms with van der Waals surface area (Å²) in [6, 6.07) is 0.436. The van der Waals surface area contributed by atoms with E-state index in [2.05, 4.69) is 19.2 Å². The van der Waals surface area contributed by atoms with Crippen LogP contribution in [0.3, 0.4) is 0 Å². The van der Waals surface area contributed by atoms with Gasteiger partial charge in [-0.2, -0.15) is 0 Å². The van der Waals surface area contributed by atoms with E-state index >= 15 is 0 Å². The van der Waals surface area contributed by atoms with Gasteiger partial charge in [0.2, 0.25) is 0 Å². The van der Waals surface area contributed by atoms with Gasteiger partial charge in [0, 0.05) is 24.6 Å². The first-order chi connectivity index (χ1) is 7.09. The molecule has 0 saturated heterocycles. The first kappa shape index (κ1) is 12.9. The van der Waals surface area contributed by atoms with Crippen molar-refractivity contribution in [2.45, 2.75) is 58.1 Å². The van der Waals surface area contributed by atoms with Crippen LogP contribution in [0.2, 0.25) is 0 Å². The second-order valence-corrected chi connectivity index (χ2v) is 5.22. The van der Waals surface area contributed by atoms with Gasteiger partial charge >= 0.3 is 0 Å². The molecule has 0 spiro atoms. The smallest absolute Gasteiger partial charge is 0.0555 e. The van der Waals surface area contributed by atoms with E-state index in [-0.39, 0.29) is 18.1 Å². The van der Waals surface area contributed by atoms with Crippen LogP contribution in [0.1, 0.15) is 46.0 Å². The summed E-state index contributed by atoms with van der Waals surface area (Å²) in [6.45, 7) is 5.27. The average molecular weight is 215 g/mol. The Morgan fingerprint density at radius 1 is 1.40 bits per heavy atom. The Kier molecular flexibility index (Phi) is 5.03. The zero-order chi connectivity index (χ0) is 11.3. The predicted octanol–water partition coefficient (Wildman–Crippen LogP) is 1.29. The van der Waals surface area contributed by atoms with E-state index in [4.69, 9.17) is 0 Å². The molecule has 1 aliphatic carbocycles. The number of hydrogen-bond donors (Lipinski definition) is 3. The normalized spacial score (nSPS) is 31.2. The summed E-state index contributed by atoms with van der Waals surface area (Å²) in [5, 5.41) is 22.3. The van der Waals surface area contributed by atoms with Gasteiger partial charge < -0.3 is 15.5 Å². The zero-order valence-corrected chi connectivity index (χ0v) is 10.00. The molecule has 0 aromatic rings. The predicted molar refractivity (Wildman–Crippen MR) is 61.7 cm³/mol. The van der Waals surface area contributed by atoms with Crippen molar-refractivity contribution in [3.05, 3.63) is 0 Å². The van der Waals surface area contributed by atoms with Gasteiger partial charge in [-0.3, -0.25) is 0 Å². The summed E-state index contributed by atoms with van der Waals surface area (Å²) in [6.07, 6.45) is 4.93. The van der Waals surface area contributed by atoms with E-state index in [1.54, 1.807) is 0 Å². The summed E-state index contributed by atoms with van der Waals surface area (Å²) < 4.78 is 0. The van der Waals surface area contributed by atoms with E-state index in [0.29, 0.717) is 6.04 Å². The highest BCUT2D eigenvalue weighted by molar-refractivity contribution is 4.81. The Bertz CT molecular complexity index is 180. The summed E-state index contributed by atoms with van der Waals surface area (Å²) in [5.74, 6) is 0. The summed E-state index contributed by atoms with van der Waals surface area (Å²) in [7, 11) is 0. The van der Waals surface area contributed by atoms with Crippen LogP contribution in [-0.4, -0.2) is 35.5 Å². The first-order valence-electron chi connectivity index (χ1n) is 6.12. The molecule has 0 heterocycles. The van der Waals surface area contributed by atoms with Crippen molar-refractivity contribution in [1.82, 2.24) is 5.32 Å². The maximum Gasteiger partial charge on any atom is 0.0555 e. The molecule has 0 amide bonds. The average Bonchev–Trinajstić information content (AvgIpc) is 2.26. The number of hydrogen-bond acceptors (Lipinski definition) is 3. The third-order valence-corrected chi connectivity index (χ3v) is 3.70. The monoisotopic (exact) mass is 215 g/mol. The van der Waals surface area contributed by atoms with Crippen molar-refractivity contribution in [2.75, 3.05) is 13.2 Å². The molecule has 1 rings (SSSR count). The lowest BCUT2D eigenvalue weighted by molar-refractivity contribution is 0.0958. The standard InChI is InChI=1S/C12H25NO2/c1-3-12(2,9-14)8-13-10-5-4-6-11(15)7-10/h10-11,13-15H,3-9H2,1-2H3. The zero-order valence-electron chi connectivity index (χ0n) is 10.00. The molecule has 90 valence electrons. The van der Waals surface area contributed by atoms with Crippen LogP contribution in [0.15, 0.2) is 0 Å². The van der Waals surface area contributed by atoms with Gasteiger partial charge in [-0.15, -0.1) is 0 Å². The lowest BCUT2D eigenvalue weighted by atomic mass is 9.87. The van der Waals surface area contributed by atoms with Crippen LogP contribution in [0.5, 0.6) is 0 Å². The number of nitrogens with one attached hydrogen (secondary N) is 1. The lowest BCUT2D eigenvalue weighted by Crippen LogP contribution is -2.42. The van der Waals surface area contributed by atoms with E-state index in [9.17, 15) is 10.2 Å². The lowest BCUT2D eigenvalue weighted by Gasteiger charge is -2.32. The van der Waals surface area contributed by atoms with E-state index < -0.39 is 0 Å². The second-order valence-electron chi connectivity index (χ2n) is 5.22. The second kappa shape index (κ2) is 5.83. The third-order valence-electron chi connectivity index (χ3n) is 3.70. The fraction of sp³-hybridized carbons (Fsp3) is 1.00. The summed E-state index contributed by atoms with van der Waals surface area (Å²) in [5.41, 5.74) is -0.0115. The Morgan fingerprint density at radius 3 is 2.67 bits per heavy atom.